The number of carbonyl (C=O) groups excluding carboxylic acids is 1. The van der Waals surface area contributed by atoms with Crippen LogP contribution in [0.1, 0.15) is 40.5 Å². The predicted molar refractivity (Wildman–Crippen MR) is 60.3 cm³/mol. The number of cyclic esters (lactones) is 2. The van der Waals surface area contributed by atoms with E-state index in [0.29, 0.717) is 18.9 Å². The zero-order valence-electron chi connectivity index (χ0n) is 10.6. The van der Waals surface area contributed by atoms with Gasteiger partial charge in [0.05, 0.1) is 5.60 Å². The molecule has 4 heteroatoms. The summed E-state index contributed by atoms with van der Waals surface area (Å²) < 4.78 is 15.5. The van der Waals surface area contributed by atoms with Gasteiger partial charge in [-0.25, -0.2) is 4.79 Å². The Kier molecular flexibility index (Phi) is 4.59. The van der Waals surface area contributed by atoms with E-state index in [1.807, 2.05) is 13.8 Å². The molecule has 0 aromatic rings. The fraction of sp³-hybridized carbons (Fsp3) is 0.917. The molecular weight excluding hydrogens is 208 g/mol. The molecule has 0 radical (unpaired) electrons. The summed E-state index contributed by atoms with van der Waals surface area (Å²) in [5.74, 6) is 0.642. The van der Waals surface area contributed by atoms with Crippen LogP contribution in [0.15, 0.2) is 0 Å². The van der Waals surface area contributed by atoms with Gasteiger partial charge < -0.3 is 14.2 Å². The summed E-state index contributed by atoms with van der Waals surface area (Å²) in [5, 5.41) is 0. The zero-order valence-corrected chi connectivity index (χ0v) is 10.6. The van der Waals surface area contributed by atoms with Gasteiger partial charge in [0, 0.05) is 13.0 Å². The highest BCUT2D eigenvalue weighted by Crippen LogP contribution is 2.22. The molecule has 0 bridgehead atoms. The van der Waals surface area contributed by atoms with E-state index in [1.54, 1.807) is 0 Å². The van der Waals surface area contributed by atoms with Gasteiger partial charge in [-0.1, -0.05) is 13.8 Å². The van der Waals surface area contributed by atoms with Crippen molar-refractivity contribution in [2.75, 3.05) is 13.2 Å². The van der Waals surface area contributed by atoms with Crippen molar-refractivity contribution >= 4 is 6.16 Å². The normalized spacial score (nSPS) is 21.1. The molecule has 1 rings (SSSR count). The van der Waals surface area contributed by atoms with Gasteiger partial charge in [-0.2, -0.15) is 0 Å². The third-order valence-corrected chi connectivity index (χ3v) is 2.56. The molecule has 1 fully saturated rings. The Morgan fingerprint density at radius 2 is 2.19 bits per heavy atom. The predicted octanol–water partition coefficient (Wildman–Crippen LogP) is 2.75. The molecule has 1 aliphatic heterocycles. The number of hydrogen-bond donors (Lipinski definition) is 0. The van der Waals surface area contributed by atoms with E-state index in [4.69, 9.17) is 14.2 Å². The smallest absolute Gasteiger partial charge is 0.430 e. The lowest BCUT2D eigenvalue weighted by atomic mass is 10.0. The first kappa shape index (κ1) is 13.3. The first-order valence-electron chi connectivity index (χ1n) is 5.86. The van der Waals surface area contributed by atoms with E-state index in [-0.39, 0.29) is 11.7 Å². The van der Waals surface area contributed by atoms with E-state index in [9.17, 15) is 4.79 Å². The lowest BCUT2D eigenvalue weighted by Gasteiger charge is -2.27. The maximum Gasteiger partial charge on any atom is 0.508 e. The molecule has 94 valence electrons. The summed E-state index contributed by atoms with van der Waals surface area (Å²) in [4.78, 5) is 10.8. The molecule has 1 unspecified atom stereocenters. The summed E-state index contributed by atoms with van der Waals surface area (Å²) in [6.07, 6.45) is 0.992. The van der Waals surface area contributed by atoms with E-state index in [1.165, 1.54) is 0 Å². The first-order chi connectivity index (χ1) is 7.39. The Morgan fingerprint density at radius 1 is 1.50 bits per heavy atom. The minimum absolute atomic E-state index is 0.165. The summed E-state index contributed by atoms with van der Waals surface area (Å²) in [6.45, 7) is 9.45. The topological polar surface area (TPSA) is 44.8 Å². The molecule has 1 heterocycles. The van der Waals surface area contributed by atoms with Crippen molar-refractivity contribution in [3.63, 3.8) is 0 Å². The molecule has 0 amide bonds. The summed E-state index contributed by atoms with van der Waals surface area (Å²) >= 11 is 0. The van der Waals surface area contributed by atoms with Gasteiger partial charge in [0.25, 0.3) is 0 Å². The van der Waals surface area contributed by atoms with Crippen LogP contribution in [-0.4, -0.2) is 31.1 Å². The molecule has 0 aromatic carbocycles. The third kappa shape index (κ3) is 4.84. The van der Waals surface area contributed by atoms with Gasteiger partial charge in [0.1, 0.15) is 12.7 Å². The van der Waals surface area contributed by atoms with Crippen molar-refractivity contribution in [1.82, 2.24) is 0 Å². The van der Waals surface area contributed by atoms with Crippen molar-refractivity contribution in [3.8, 4) is 0 Å². The molecule has 0 aromatic heterocycles. The Balaban J connectivity index is 2.25. The number of ether oxygens (including phenoxy) is 3. The van der Waals surface area contributed by atoms with E-state index < -0.39 is 6.16 Å². The highest BCUT2D eigenvalue weighted by molar-refractivity contribution is 5.61. The Morgan fingerprint density at radius 3 is 2.69 bits per heavy atom. The Hall–Kier alpha value is -0.770. The quantitative estimate of drug-likeness (QED) is 0.658. The number of rotatable bonds is 6. The number of carbonyl (C=O) groups is 1. The highest BCUT2D eigenvalue weighted by Gasteiger charge is 2.32. The van der Waals surface area contributed by atoms with Gasteiger partial charge >= 0.3 is 6.16 Å². The summed E-state index contributed by atoms with van der Waals surface area (Å²) in [5.41, 5.74) is -0.270. The van der Waals surface area contributed by atoms with Crippen LogP contribution in [0.3, 0.4) is 0 Å². The van der Waals surface area contributed by atoms with Crippen LogP contribution in [0.25, 0.3) is 0 Å². The second kappa shape index (κ2) is 5.53. The highest BCUT2D eigenvalue weighted by atomic mass is 16.8. The molecule has 1 saturated heterocycles. The van der Waals surface area contributed by atoms with Gasteiger partial charge in [-0.05, 0) is 26.2 Å². The van der Waals surface area contributed by atoms with Crippen LogP contribution >= 0.6 is 0 Å². The molecule has 0 spiro atoms. The minimum atomic E-state index is -0.567. The van der Waals surface area contributed by atoms with Crippen LogP contribution in [0.2, 0.25) is 0 Å². The summed E-state index contributed by atoms with van der Waals surface area (Å²) in [7, 11) is 0. The van der Waals surface area contributed by atoms with E-state index in [0.717, 1.165) is 13.0 Å². The zero-order chi connectivity index (χ0) is 12.2. The Bertz CT molecular complexity index is 235. The molecule has 0 N–H and O–H groups in total. The fourth-order valence-corrected chi connectivity index (χ4v) is 1.64. The van der Waals surface area contributed by atoms with Gasteiger partial charge in [-0.3, -0.25) is 0 Å². The Labute approximate surface area is 97.2 Å². The molecular formula is C12H22O4. The SMILES string of the molecule is CC(C)CCOC(C)(C)CC1COC(=O)O1. The molecule has 0 saturated carbocycles. The van der Waals surface area contributed by atoms with Crippen molar-refractivity contribution < 1.29 is 19.0 Å². The van der Waals surface area contributed by atoms with Gasteiger partial charge in [0.2, 0.25) is 0 Å². The van der Waals surface area contributed by atoms with Crippen LogP contribution < -0.4 is 0 Å². The number of hydrogen-bond acceptors (Lipinski definition) is 4. The van der Waals surface area contributed by atoms with Crippen LogP contribution in [0, 0.1) is 5.92 Å². The van der Waals surface area contributed by atoms with Crippen LogP contribution in [0.5, 0.6) is 0 Å². The minimum Gasteiger partial charge on any atom is -0.430 e. The molecule has 4 nitrogen and oxygen atoms in total. The fourth-order valence-electron chi connectivity index (χ4n) is 1.64. The van der Waals surface area contributed by atoms with Crippen molar-refractivity contribution in [3.05, 3.63) is 0 Å². The second-order valence-electron chi connectivity index (χ2n) is 5.30. The molecule has 1 aliphatic rings. The molecule has 16 heavy (non-hydrogen) atoms. The average Bonchev–Trinajstić information content (AvgIpc) is 2.48. The van der Waals surface area contributed by atoms with Gasteiger partial charge in [0.15, 0.2) is 0 Å². The first-order valence-corrected chi connectivity index (χ1v) is 5.86. The lowest BCUT2D eigenvalue weighted by Crippen LogP contribution is -2.31. The van der Waals surface area contributed by atoms with Crippen molar-refractivity contribution in [2.45, 2.75) is 52.2 Å². The molecule has 0 aliphatic carbocycles. The lowest BCUT2D eigenvalue weighted by molar-refractivity contribution is -0.0480. The van der Waals surface area contributed by atoms with Crippen LogP contribution in [0.4, 0.5) is 4.79 Å². The molecule has 1 atom stereocenters. The van der Waals surface area contributed by atoms with Crippen LogP contribution in [-0.2, 0) is 14.2 Å². The van der Waals surface area contributed by atoms with E-state index in [2.05, 4.69) is 13.8 Å². The maximum absolute atomic E-state index is 10.8. The van der Waals surface area contributed by atoms with Crippen molar-refractivity contribution in [1.29, 1.82) is 0 Å². The van der Waals surface area contributed by atoms with Crippen molar-refractivity contribution in [2.24, 2.45) is 5.92 Å². The maximum atomic E-state index is 10.8. The third-order valence-electron chi connectivity index (χ3n) is 2.56. The monoisotopic (exact) mass is 230 g/mol. The van der Waals surface area contributed by atoms with E-state index >= 15 is 0 Å². The largest absolute Gasteiger partial charge is 0.508 e. The van der Waals surface area contributed by atoms with Gasteiger partial charge in [-0.15, -0.1) is 0 Å². The second-order valence-corrected chi connectivity index (χ2v) is 5.30. The average molecular weight is 230 g/mol. The summed E-state index contributed by atoms with van der Waals surface area (Å²) in [6, 6.07) is 0. The standard InChI is InChI=1S/C12H22O4/c1-9(2)5-6-15-12(3,4)7-10-8-14-11(13)16-10/h9-10H,5-8H2,1-4H3.